The molecule has 1 aliphatic rings. The zero-order valence-electron chi connectivity index (χ0n) is 18.7. The highest BCUT2D eigenvalue weighted by atomic mass is 32.2. The van der Waals surface area contributed by atoms with Gasteiger partial charge in [-0.15, -0.1) is 11.3 Å². The van der Waals surface area contributed by atoms with Gasteiger partial charge in [0.25, 0.3) is 11.5 Å². The molecule has 1 N–H and O–H groups in total. The summed E-state index contributed by atoms with van der Waals surface area (Å²) in [7, 11) is 0. The van der Waals surface area contributed by atoms with Crippen LogP contribution in [0.2, 0.25) is 0 Å². The van der Waals surface area contributed by atoms with Crippen molar-refractivity contribution in [2.75, 3.05) is 5.75 Å². The van der Waals surface area contributed by atoms with Crippen LogP contribution in [0.1, 0.15) is 35.8 Å². The number of hydrogen-bond donors (Lipinski definition) is 1. The number of hydrazone groups is 1. The van der Waals surface area contributed by atoms with Crippen molar-refractivity contribution >= 4 is 44.9 Å². The third-order valence-electron chi connectivity index (χ3n) is 5.73. The molecule has 1 aromatic carbocycles. The maximum atomic E-state index is 13.7. The van der Waals surface area contributed by atoms with Crippen molar-refractivity contribution in [1.82, 2.24) is 20.0 Å². The highest BCUT2D eigenvalue weighted by Crippen LogP contribution is 2.35. The summed E-state index contributed by atoms with van der Waals surface area (Å²) < 4.78 is 1.63. The van der Waals surface area contributed by atoms with Crippen molar-refractivity contribution in [1.29, 1.82) is 0 Å². The number of nitrogens with zero attached hydrogens (tertiary/aromatic N) is 4. The van der Waals surface area contributed by atoms with Gasteiger partial charge in [0.15, 0.2) is 5.16 Å². The van der Waals surface area contributed by atoms with Crippen LogP contribution < -0.4 is 11.0 Å². The number of thioether (sulfide) groups is 1. The van der Waals surface area contributed by atoms with Gasteiger partial charge in [-0.2, -0.15) is 5.10 Å². The van der Waals surface area contributed by atoms with E-state index >= 15 is 0 Å². The van der Waals surface area contributed by atoms with Crippen LogP contribution >= 0.6 is 23.1 Å². The van der Waals surface area contributed by atoms with Gasteiger partial charge in [-0.3, -0.25) is 19.1 Å². The van der Waals surface area contributed by atoms with Crippen LogP contribution in [0.5, 0.6) is 0 Å². The molecule has 3 heterocycles. The molecule has 1 aliphatic carbocycles. The lowest BCUT2D eigenvalue weighted by atomic mass is 9.97. The fraction of sp³-hybridized carbons (Fsp3) is 0.240. The molecule has 0 saturated carbocycles. The summed E-state index contributed by atoms with van der Waals surface area (Å²) in [5.74, 6) is -0.188. The summed E-state index contributed by atoms with van der Waals surface area (Å²) >= 11 is 2.85. The molecule has 34 heavy (non-hydrogen) atoms. The van der Waals surface area contributed by atoms with Gasteiger partial charge in [-0.1, -0.05) is 36.0 Å². The molecule has 0 aliphatic heterocycles. The first-order valence-electron chi connectivity index (χ1n) is 11.1. The first-order chi connectivity index (χ1) is 16.6. The first-order valence-corrected chi connectivity index (χ1v) is 12.9. The lowest BCUT2D eigenvalue weighted by Gasteiger charge is -2.13. The summed E-state index contributed by atoms with van der Waals surface area (Å²) in [5, 5.41) is 5.41. The van der Waals surface area contributed by atoms with Crippen LogP contribution in [0.25, 0.3) is 15.9 Å². The standard InChI is InChI=1S/C25H23N5O2S2/c1-16(17-8-7-13-26-14-17)28-29-21(31)15-33-25-27-23-22(19-11-5-6-12-20(19)34-23)24(32)30(25)18-9-3-2-4-10-18/h2-4,7-10,13-14H,5-6,11-12,15H2,1H3,(H,29,31)/b28-16+. The van der Waals surface area contributed by atoms with Gasteiger partial charge in [0, 0.05) is 22.8 Å². The second-order valence-corrected chi connectivity index (χ2v) is 10.1. The maximum Gasteiger partial charge on any atom is 0.267 e. The quantitative estimate of drug-likeness (QED) is 0.188. The number of carbonyl (C=O) groups excluding carboxylic acids is 1. The normalized spacial score (nSPS) is 13.6. The highest BCUT2D eigenvalue weighted by molar-refractivity contribution is 7.99. The van der Waals surface area contributed by atoms with E-state index < -0.39 is 0 Å². The molecule has 172 valence electrons. The lowest BCUT2D eigenvalue weighted by molar-refractivity contribution is -0.118. The van der Waals surface area contributed by atoms with E-state index in [0.717, 1.165) is 52.7 Å². The molecule has 5 rings (SSSR count). The Morgan fingerprint density at radius 3 is 2.79 bits per heavy atom. The Morgan fingerprint density at radius 1 is 1.18 bits per heavy atom. The van der Waals surface area contributed by atoms with Crippen LogP contribution in [0.4, 0.5) is 0 Å². The third kappa shape index (κ3) is 4.53. The Morgan fingerprint density at radius 2 is 2.00 bits per heavy atom. The topological polar surface area (TPSA) is 89.2 Å². The number of pyridine rings is 1. The molecule has 9 heteroatoms. The molecule has 0 fully saturated rings. The molecule has 3 aromatic heterocycles. The van der Waals surface area contributed by atoms with E-state index in [9.17, 15) is 9.59 Å². The molecule has 0 radical (unpaired) electrons. The van der Waals surface area contributed by atoms with Gasteiger partial charge < -0.3 is 0 Å². The van der Waals surface area contributed by atoms with E-state index in [1.807, 2.05) is 49.4 Å². The van der Waals surface area contributed by atoms with Crippen molar-refractivity contribution in [3.8, 4) is 5.69 Å². The fourth-order valence-corrected chi connectivity index (χ4v) is 6.15. The first kappa shape index (κ1) is 22.5. The van der Waals surface area contributed by atoms with Crippen LogP contribution in [-0.2, 0) is 17.6 Å². The van der Waals surface area contributed by atoms with Crippen molar-refractivity contribution in [3.63, 3.8) is 0 Å². The van der Waals surface area contributed by atoms with Gasteiger partial charge >= 0.3 is 0 Å². The van der Waals surface area contributed by atoms with E-state index in [1.54, 1.807) is 28.3 Å². The number of amides is 1. The zero-order valence-corrected chi connectivity index (χ0v) is 20.3. The molecule has 0 spiro atoms. The molecular weight excluding hydrogens is 466 g/mol. The van der Waals surface area contributed by atoms with Crippen molar-refractivity contribution in [3.05, 3.63) is 81.2 Å². The van der Waals surface area contributed by atoms with Crippen LogP contribution in [-0.4, -0.2) is 31.9 Å². The zero-order chi connectivity index (χ0) is 23.5. The van der Waals surface area contributed by atoms with Crippen molar-refractivity contribution in [2.24, 2.45) is 5.10 Å². The smallest absolute Gasteiger partial charge is 0.267 e. The third-order valence-corrected chi connectivity index (χ3v) is 7.86. The predicted octanol–water partition coefficient (Wildman–Crippen LogP) is 4.35. The van der Waals surface area contributed by atoms with Gasteiger partial charge in [-0.25, -0.2) is 10.4 Å². The average molecular weight is 490 g/mol. The summed E-state index contributed by atoms with van der Waals surface area (Å²) in [6.45, 7) is 1.81. The van der Waals surface area contributed by atoms with Crippen molar-refractivity contribution in [2.45, 2.75) is 37.8 Å². The Kier molecular flexibility index (Phi) is 6.55. The SMILES string of the molecule is C/C(=N\NC(=O)CSc1nc2sc3c(c2c(=O)n1-c1ccccc1)CCCC3)c1cccnc1. The van der Waals surface area contributed by atoms with Crippen LogP contribution in [0.15, 0.2) is 69.9 Å². The second kappa shape index (κ2) is 9.90. The molecule has 1 amide bonds. The summed E-state index contributed by atoms with van der Waals surface area (Å²) in [4.78, 5) is 37.2. The Hall–Kier alpha value is -3.30. The lowest BCUT2D eigenvalue weighted by Crippen LogP contribution is -2.24. The number of para-hydroxylation sites is 1. The van der Waals surface area contributed by atoms with E-state index in [-0.39, 0.29) is 17.2 Å². The van der Waals surface area contributed by atoms with E-state index in [2.05, 4.69) is 15.5 Å². The number of nitrogens with one attached hydrogen (secondary N) is 1. The summed E-state index contributed by atoms with van der Waals surface area (Å²) in [6.07, 6.45) is 7.54. The molecule has 7 nitrogen and oxygen atoms in total. The van der Waals surface area contributed by atoms with Gasteiger partial charge in [-0.05, 0) is 56.4 Å². The number of aryl methyl sites for hydroxylation is 2. The Balaban J connectivity index is 1.44. The van der Waals surface area contributed by atoms with Crippen molar-refractivity contribution < 1.29 is 4.79 Å². The number of benzene rings is 1. The number of carbonyl (C=O) groups is 1. The van der Waals surface area contributed by atoms with Crippen LogP contribution in [0, 0.1) is 0 Å². The summed E-state index contributed by atoms with van der Waals surface area (Å²) in [5.41, 5.74) is 5.92. The molecular formula is C25H23N5O2S2. The maximum absolute atomic E-state index is 13.7. The second-order valence-electron chi connectivity index (χ2n) is 8.02. The molecule has 0 unspecified atom stereocenters. The Labute approximate surface area is 205 Å². The average Bonchev–Trinajstić information content (AvgIpc) is 3.25. The van der Waals surface area contributed by atoms with Gasteiger partial charge in [0.2, 0.25) is 0 Å². The number of hydrogen-bond acceptors (Lipinski definition) is 7. The summed E-state index contributed by atoms with van der Waals surface area (Å²) in [6, 6.07) is 13.2. The molecule has 0 saturated heterocycles. The van der Waals surface area contributed by atoms with E-state index in [1.165, 1.54) is 16.6 Å². The molecule has 4 aromatic rings. The minimum atomic E-state index is -0.271. The Bertz CT molecular complexity index is 1430. The number of rotatable bonds is 6. The number of aromatic nitrogens is 3. The largest absolute Gasteiger partial charge is 0.272 e. The number of thiophene rings is 1. The van der Waals surface area contributed by atoms with Gasteiger partial charge in [0.1, 0.15) is 4.83 Å². The predicted molar refractivity (Wildman–Crippen MR) is 137 cm³/mol. The molecule has 0 bridgehead atoms. The van der Waals surface area contributed by atoms with E-state index in [4.69, 9.17) is 4.98 Å². The minimum Gasteiger partial charge on any atom is -0.272 e. The monoisotopic (exact) mass is 489 g/mol. The minimum absolute atomic E-state index is 0.0658. The molecule has 0 atom stereocenters. The van der Waals surface area contributed by atoms with Gasteiger partial charge in [0.05, 0.1) is 22.5 Å². The number of fused-ring (bicyclic) bond motifs is 3. The fourth-order valence-electron chi connectivity index (χ4n) is 4.04. The van der Waals surface area contributed by atoms with E-state index in [0.29, 0.717) is 10.9 Å². The highest BCUT2D eigenvalue weighted by Gasteiger charge is 2.23. The van der Waals surface area contributed by atoms with Crippen LogP contribution in [0.3, 0.4) is 0 Å².